The van der Waals surface area contributed by atoms with Gasteiger partial charge in [0.15, 0.2) is 0 Å². The number of amides is 2. The number of fused-ring (bicyclic) bond motifs is 1. The molecule has 7 N–H and O–H groups in total. The fourth-order valence-corrected chi connectivity index (χ4v) is 7.10. The van der Waals surface area contributed by atoms with Gasteiger partial charge in [0.05, 0.1) is 18.3 Å². The van der Waals surface area contributed by atoms with Crippen LogP contribution in [-0.2, 0) is 20.6 Å². The molecule has 1 aliphatic rings. The molecule has 0 spiro atoms. The molecule has 1 fully saturated rings. The van der Waals surface area contributed by atoms with E-state index in [2.05, 4.69) is 15.6 Å². The van der Waals surface area contributed by atoms with Crippen LogP contribution in [0, 0.1) is 11.8 Å². The number of nitrogens with two attached hydrogens (primary N) is 1. The highest BCUT2D eigenvalue weighted by molar-refractivity contribution is 7.58. The zero-order chi connectivity index (χ0) is 26.3. The van der Waals surface area contributed by atoms with Gasteiger partial charge in [0.2, 0.25) is 19.2 Å². The third-order valence-electron chi connectivity index (χ3n) is 6.97. The van der Waals surface area contributed by atoms with Crippen molar-refractivity contribution < 1.29 is 24.2 Å². The van der Waals surface area contributed by atoms with Crippen LogP contribution in [0.15, 0.2) is 30.5 Å². The Labute approximate surface area is 213 Å². The molecule has 1 heterocycles. The molecule has 200 valence electrons. The third-order valence-corrected chi connectivity index (χ3v) is 9.05. The van der Waals surface area contributed by atoms with Gasteiger partial charge in [-0.05, 0) is 42.7 Å². The third kappa shape index (κ3) is 8.17. The van der Waals surface area contributed by atoms with Crippen LogP contribution < -0.4 is 16.4 Å². The summed E-state index contributed by atoms with van der Waals surface area (Å²) in [5.74, 6) is -0.897. The van der Waals surface area contributed by atoms with Gasteiger partial charge >= 0.3 is 0 Å². The Morgan fingerprint density at radius 1 is 1.17 bits per heavy atom. The molecule has 2 aromatic rings. The van der Waals surface area contributed by atoms with Crippen LogP contribution in [0.25, 0.3) is 10.9 Å². The molecule has 3 rings (SSSR count). The van der Waals surface area contributed by atoms with Gasteiger partial charge < -0.3 is 31.4 Å². The zero-order valence-corrected chi connectivity index (χ0v) is 22.2. The summed E-state index contributed by atoms with van der Waals surface area (Å²) in [4.78, 5) is 39.1. The summed E-state index contributed by atoms with van der Waals surface area (Å²) in [6.07, 6.45) is 6.21. The Morgan fingerprint density at radius 2 is 1.86 bits per heavy atom. The van der Waals surface area contributed by atoms with E-state index in [0.717, 1.165) is 42.1 Å². The number of carbonyl (C=O) groups excluding carboxylic acids is 2. The van der Waals surface area contributed by atoms with Crippen LogP contribution in [0.2, 0.25) is 0 Å². The molecule has 1 saturated carbocycles. The number of para-hydroxylation sites is 1. The SMILES string of the molecule is CC(C)[C@@H](NC(=O)C(N)Cc1c[nH]c2ccccc12)C(=O)NC[C@H](O)CP(=O)(O)CC1CCCCC1. The Balaban J connectivity index is 1.49. The number of aliphatic hydroxyl groups excluding tert-OH is 1. The fourth-order valence-electron chi connectivity index (χ4n) is 5.00. The maximum absolute atomic E-state index is 12.8. The molecule has 1 aliphatic carbocycles. The summed E-state index contributed by atoms with van der Waals surface area (Å²) < 4.78 is 12.6. The fraction of sp³-hybridized carbons (Fsp3) is 0.615. The first kappa shape index (κ1) is 28.4. The molecule has 1 aromatic heterocycles. The Kier molecular flexibility index (Phi) is 10.1. The van der Waals surface area contributed by atoms with Crippen LogP contribution in [0.4, 0.5) is 0 Å². The number of nitrogens with one attached hydrogen (secondary N) is 3. The lowest BCUT2D eigenvalue weighted by molar-refractivity contribution is -0.130. The average molecular weight is 521 g/mol. The summed E-state index contributed by atoms with van der Waals surface area (Å²) >= 11 is 0. The van der Waals surface area contributed by atoms with Crippen molar-refractivity contribution >= 4 is 30.1 Å². The molecular formula is C26H41N4O5P. The normalized spacial score (nSPS) is 18.9. The van der Waals surface area contributed by atoms with E-state index in [9.17, 15) is 24.2 Å². The standard InChI is InChI=1S/C26H41N4O5P/c1-17(2)24(30-25(32)22(27)12-19-13-28-23-11-7-6-10-21(19)23)26(33)29-14-20(31)16-36(34,35)15-18-8-4-3-5-9-18/h6-7,10-11,13,17-18,20,22,24,28,31H,3-5,8-9,12,14-16,27H2,1-2H3,(H,29,33)(H,30,32)(H,34,35)/t20-,22?,24+/m0/s1. The van der Waals surface area contributed by atoms with Gasteiger partial charge in [0, 0.05) is 29.8 Å². The molecule has 2 amide bonds. The number of rotatable bonds is 12. The summed E-state index contributed by atoms with van der Waals surface area (Å²) in [6, 6.07) is 6.07. The van der Waals surface area contributed by atoms with Crippen molar-refractivity contribution in [2.24, 2.45) is 17.6 Å². The van der Waals surface area contributed by atoms with Crippen LogP contribution in [0.1, 0.15) is 51.5 Å². The van der Waals surface area contributed by atoms with E-state index in [1.165, 1.54) is 6.42 Å². The lowest BCUT2D eigenvalue weighted by atomic mass is 9.91. The zero-order valence-electron chi connectivity index (χ0n) is 21.3. The maximum Gasteiger partial charge on any atom is 0.242 e. The minimum Gasteiger partial charge on any atom is -0.391 e. The van der Waals surface area contributed by atoms with E-state index in [1.807, 2.05) is 30.5 Å². The second-order valence-corrected chi connectivity index (χ2v) is 12.9. The monoisotopic (exact) mass is 520 g/mol. The highest BCUT2D eigenvalue weighted by atomic mass is 31.2. The molecule has 9 nitrogen and oxygen atoms in total. The van der Waals surface area contributed by atoms with Gasteiger partial charge in [0.1, 0.15) is 6.04 Å². The number of aromatic nitrogens is 1. The van der Waals surface area contributed by atoms with Crippen molar-refractivity contribution in [3.63, 3.8) is 0 Å². The molecule has 2 unspecified atom stereocenters. The number of hydrogen-bond acceptors (Lipinski definition) is 5. The highest BCUT2D eigenvalue weighted by Crippen LogP contribution is 2.45. The minimum atomic E-state index is -3.49. The number of carbonyl (C=O) groups is 2. The first-order valence-corrected chi connectivity index (χ1v) is 15.0. The molecule has 0 saturated heterocycles. The average Bonchev–Trinajstić information content (AvgIpc) is 3.23. The van der Waals surface area contributed by atoms with Crippen LogP contribution >= 0.6 is 7.37 Å². The topological polar surface area (TPSA) is 158 Å². The van der Waals surface area contributed by atoms with Crippen molar-refractivity contribution in [2.45, 2.75) is 70.6 Å². The van der Waals surface area contributed by atoms with Crippen molar-refractivity contribution in [1.82, 2.24) is 15.6 Å². The minimum absolute atomic E-state index is 0.158. The Morgan fingerprint density at radius 3 is 2.56 bits per heavy atom. The molecule has 0 bridgehead atoms. The lowest BCUT2D eigenvalue weighted by Gasteiger charge is -2.26. The summed E-state index contributed by atoms with van der Waals surface area (Å²) in [7, 11) is -3.49. The van der Waals surface area contributed by atoms with Crippen molar-refractivity contribution in [2.75, 3.05) is 18.9 Å². The maximum atomic E-state index is 12.8. The number of hydrogen-bond donors (Lipinski definition) is 6. The van der Waals surface area contributed by atoms with Gasteiger partial charge in [-0.1, -0.05) is 51.3 Å². The van der Waals surface area contributed by atoms with Gasteiger partial charge in [-0.2, -0.15) is 0 Å². The Hall–Kier alpha value is -2.19. The second kappa shape index (κ2) is 12.9. The van der Waals surface area contributed by atoms with Gasteiger partial charge in [-0.15, -0.1) is 0 Å². The molecule has 0 radical (unpaired) electrons. The van der Waals surface area contributed by atoms with E-state index in [4.69, 9.17) is 5.73 Å². The first-order valence-electron chi connectivity index (χ1n) is 12.9. The smallest absolute Gasteiger partial charge is 0.242 e. The van der Waals surface area contributed by atoms with E-state index < -0.39 is 37.4 Å². The molecular weight excluding hydrogens is 479 g/mol. The van der Waals surface area contributed by atoms with E-state index in [-0.39, 0.29) is 30.7 Å². The van der Waals surface area contributed by atoms with E-state index in [1.54, 1.807) is 13.8 Å². The second-order valence-electron chi connectivity index (χ2n) is 10.5. The van der Waals surface area contributed by atoms with Gasteiger partial charge in [-0.3, -0.25) is 14.2 Å². The van der Waals surface area contributed by atoms with Crippen LogP contribution in [-0.4, -0.2) is 63.9 Å². The van der Waals surface area contributed by atoms with Gasteiger partial charge in [-0.25, -0.2) is 0 Å². The summed E-state index contributed by atoms with van der Waals surface area (Å²) in [5, 5.41) is 16.7. The van der Waals surface area contributed by atoms with Crippen molar-refractivity contribution in [3.05, 3.63) is 36.0 Å². The molecule has 10 heteroatoms. The predicted octanol–water partition coefficient (Wildman–Crippen LogP) is 2.51. The van der Waals surface area contributed by atoms with Crippen LogP contribution in [0.3, 0.4) is 0 Å². The summed E-state index contributed by atoms with van der Waals surface area (Å²) in [5.41, 5.74) is 8.04. The molecule has 0 aliphatic heterocycles. The predicted molar refractivity (Wildman–Crippen MR) is 142 cm³/mol. The van der Waals surface area contributed by atoms with E-state index in [0.29, 0.717) is 6.42 Å². The molecule has 4 atom stereocenters. The first-order chi connectivity index (χ1) is 17.1. The summed E-state index contributed by atoms with van der Waals surface area (Å²) in [6.45, 7) is 3.45. The van der Waals surface area contributed by atoms with Crippen molar-refractivity contribution in [3.8, 4) is 0 Å². The lowest BCUT2D eigenvalue weighted by Crippen LogP contribution is -2.55. The van der Waals surface area contributed by atoms with Crippen molar-refractivity contribution in [1.29, 1.82) is 0 Å². The highest BCUT2D eigenvalue weighted by Gasteiger charge is 2.30. The van der Waals surface area contributed by atoms with Crippen LogP contribution in [0.5, 0.6) is 0 Å². The number of H-pyrrole nitrogens is 1. The van der Waals surface area contributed by atoms with Gasteiger partial charge in [0.25, 0.3) is 0 Å². The quantitative estimate of drug-likeness (QED) is 0.236. The number of aromatic amines is 1. The number of benzene rings is 1. The van der Waals surface area contributed by atoms with E-state index >= 15 is 0 Å². The molecule has 36 heavy (non-hydrogen) atoms. The molecule has 1 aromatic carbocycles. The Bertz CT molecular complexity index is 1070. The number of aliphatic hydroxyl groups is 1. The largest absolute Gasteiger partial charge is 0.391 e.